The second kappa shape index (κ2) is 13.8. The second-order valence-electron chi connectivity index (χ2n) is 14.6. The first kappa shape index (κ1) is 36.7. The van der Waals surface area contributed by atoms with E-state index in [-0.39, 0.29) is 17.3 Å². The number of hydrogen-bond acceptors (Lipinski definition) is 0. The molecule has 0 amide bonds. The van der Waals surface area contributed by atoms with Crippen molar-refractivity contribution in [3.8, 4) is 44.8 Å². The van der Waals surface area contributed by atoms with Gasteiger partial charge in [0.1, 0.15) is 0 Å². The van der Waals surface area contributed by atoms with Gasteiger partial charge in [0.2, 0.25) is 0 Å². The third-order valence-electron chi connectivity index (χ3n) is 11.2. The lowest BCUT2D eigenvalue weighted by molar-refractivity contribution is -0.142. The molecule has 0 atom stereocenters. The molecule has 0 saturated carbocycles. The highest BCUT2D eigenvalue weighted by atomic mass is 19.4. The molecular formula is C51H29F6N3. The molecule has 0 aliphatic rings. The van der Waals surface area contributed by atoms with E-state index in [2.05, 4.69) is 17.0 Å². The molecule has 10 aromatic rings. The Hall–Kier alpha value is -7.57. The minimum Gasteiger partial charge on any atom is -0.308 e. The molecule has 0 fully saturated rings. The van der Waals surface area contributed by atoms with Crippen LogP contribution in [0.2, 0.25) is 0 Å². The van der Waals surface area contributed by atoms with Crippen LogP contribution in [0.25, 0.3) is 93.2 Å². The van der Waals surface area contributed by atoms with Crippen molar-refractivity contribution < 1.29 is 26.3 Å². The van der Waals surface area contributed by atoms with Crippen LogP contribution in [-0.2, 0) is 12.4 Å². The molecule has 10 rings (SSSR count). The van der Waals surface area contributed by atoms with Crippen LogP contribution in [0, 0.1) is 6.57 Å². The second-order valence-corrected chi connectivity index (χ2v) is 14.6. The molecule has 0 aliphatic heterocycles. The third-order valence-corrected chi connectivity index (χ3v) is 11.2. The maximum absolute atomic E-state index is 14.9. The van der Waals surface area contributed by atoms with Gasteiger partial charge in [0.25, 0.3) is 0 Å². The van der Waals surface area contributed by atoms with Crippen LogP contribution in [-0.4, -0.2) is 9.13 Å². The van der Waals surface area contributed by atoms with Crippen molar-refractivity contribution in [3.63, 3.8) is 0 Å². The number of benzene rings is 8. The van der Waals surface area contributed by atoms with Gasteiger partial charge in [0, 0.05) is 21.5 Å². The summed E-state index contributed by atoms with van der Waals surface area (Å²) in [6.45, 7) is 8.33. The molecule has 3 nitrogen and oxygen atoms in total. The predicted octanol–water partition coefficient (Wildman–Crippen LogP) is 15.5. The third kappa shape index (κ3) is 5.99. The van der Waals surface area contributed by atoms with Crippen LogP contribution in [0.15, 0.2) is 176 Å². The summed E-state index contributed by atoms with van der Waals surface area (Å²) in [4.78, 5) is 3.76. The van der Waals surface area contributed by atoms with Crippen LogP contribution in [0.5, 0.6) is 0 Å². The van der Waals surface area contributed by atoms with Crippen LogP contribution < -0.4 is 0 Å². The molecular weight excluding hydrogens is 769 g/mol. The Morgan fingerprint density at radius 3 is 1.33 bits per heavy atom. The Kier molecular flexibility index (Phi) is 8.44. The van der Waals surface area contributed by atoms with Crippen molar-refractivity contribution in [2.75, 3.05) is 0 Å². The standard InChI is InChI=1S/C51H29F6N3/c1-58-43-30-49(60-45-19-11-9-17-38(45)41-27-34(21-25-47(41)60)32-14-6-3-7-15-32)48(29-39(43)36-23-22-35(50(52,53)54)28-42(36)51(55,56)57)59-44-18-10-8-16-37(44)40-26-33(20-24-46(40)59)31-12-4-2-5-13-31/h2-30H. The first-order valence-electron chi connectivity index (χ1n) is 19.0. The number of rotatable bonds is 5. The quantitative estimate of drug-likeness (QED) is 0.122. The van der Waals surface area contributed by atoms with Crippen molar-refractivity contribution in [1.29, 1.82) is 0 Å². The molecule has 0 bridgehead atoms. The Morgan fingerprint density at radius 2 is 0.850 bits per heavy atom. The molecule has 0 spiro atoms. The lowest BCUT2D eigenvalue weighted by Crippen LogP contribution is -2.12. The Labute approximate surface area is 339 Å². The van der Waals surface area contributed by atoms with Gasteiger partial charge >= 0.3 is 12.4 Å². The van der Waals surface area contributed by atoms with Crippen molar-refractivity contribution in [1.82, 2.24) is 9.13 Å². The highest BCUT2D eigenvalue weighted by Gasteiger charge is 2.39. The molecule has 9 heteroatoms. The maximum Gasteiger partial charge on any atom is 0.416 e. The first-order chi connectivity index (χ1) is 29.0. The summed E-state index contributed by atoms with van der Waals surface area (Å²) in [6.07, 6.45) is -10.2. The number of aromatic nitrogens is 2. The van der Waals surface area contributed by atoms with Crippen LogP contribution in [0.3, 0.4) is 0 Å². The number of nitrogens with zero attached hydrogens (tertiary/aromatic N) is 3. The molecule has 0 N–H and O–H groups in total. The summed E-state index contributed by atoms with van der Waals surface area (Å²) < 4.78 is 90.2. The minimum atomic E-state index is -5.17. The van der Waals surface area contributed by atoms with Gasteiger partial charge < -0.3 is 9.13 Å². The zero-order valence-electron chi connectivity index (χ0n) is 31.4. The highest BCUT2D eigenvalue weighted by molar-refractivity contribution is 6.13. The van der Waals surface area contributed by atoms with Crippen LogP contribution in [0.1, 0.15) is 11.1 Å². The summed E-state index contributed by atoms with van der Waals surface area (Å²) in [5, 5.41) is 3.60. The summed E-state index contributed by atoms with van der Waals surface area (Å²) in [5.74, 6) is 0. The Morgan fingerprint density at radius 1 is 0.383 bits per heavy atom. The fourth-order valence-electron chi connectivity index (χ4n) is 8.51. The van der Waals surface area contributed by atoms with E-state index in [9.17, 15) is 26.3 Å². The summed E-state index contributed by atoms with van der Waals surface area (Å²) >= 11 is 0. The topological polar surface area (TPSA) is 14.2 Å². The van der Waals surface area contributed by atoms with Crippen molar-refractivity contribution >= 4 is 49.3 Å². The van der Waals surface area contributed by atoms with Crippen molar-refractivity contribution in [2.24, 2.45) is 0 Å². The fourth-order valence-corrected chi connectivity index (χ4v) is 8.51. The number of alkyl halides is 6. The number of halogens is 6. The largest absolute Gasteiger partial charge is 0.416 e. The van der Waals surface area contributed by atoms with Crippen LogP contribution in [0.4, 0.5) is 32.0 Å². The monoisotopic (exact) mass is 797 g/mol. The average Bonchev–Trinajstić information content (AvgIpc) is 3.78. The number of fused-ring (bicyclic) bond motifs is 6. The molecule has 0 radical (unpaired) electrons. The molecule has 290 valence electrons. The van der Waals surface area contributed by atoms with E-state index < -0.39 is 29.0 Å². The molecule has 8 aromatic carbocycles. The van der Waals surface area contributed by atoms with E-state index in [0.29, 0.717) is 17.4 Å². The van der Waals surface area contributed by atoms with E-state index in [1.807, 2.05) is 143 Å². The van der Waals surface area contributed by atoms with Crippen molar-refractivity contribution in [2.45, 2.75) is 12.4 Å². The SMILES string of the molecule is [C-]#[N+]c1cc(-n2c3ccccc3c3cc(-c4ccccc4)ccc32)c(-n2c3ccccc3c3cc(-c4ccccc4)ccc32)cc1-c1ccc(C(F)(F)F)cc1C(F)(F)F. The van der Waals surface area contributed by atoms with Crippen LogP contribution >= 0.6 is 0 Å². The minimum absolute atomic E-state index is 0.124. The normalized spacial score (nSPS) is 12.2. The predicted molar refractivity (Wildman–Crippen MR) is 228 cm³/mol. The molecule has 2 aromatic heterocycles. The molecule has 0 unspecified atom stereocenters. The van der Waals surface area contributed by atoms with Gasteiger partial charge in [-0.3, -0.25) is 0 Å². The molecule has 0 aliphatic carbocycles. The van der Waals surface area contributed by atoms with Gasteiger partial charge in [-0.1, -0.05) is 115 Å². The Bertz CT molecular complexity index is 3350. The van der Waals surface area contributed by atoms with E-state index in [0.717, 1.165) is 71.9 Å². The summed E-state index contributed by atoms with van der Waals surface area (Å²) in [7, 11) is 0. The summed E-state index contributed by atoms with van der Waals surface area (Å²) in [6, 6.07) is 52.2. The molecule has 0 saturated heterocycles. The zero-order chi connectivity index (χ0) is 41.3. The fraction of sp³-hybridized carbons (Fsp3) is 0.0392. The smallest absolute Gasteiger partial charge is 0.308 e. The number of para-hydroxylation sites is 2. The van der Waals surface area contributed by atoms with Gasteiger partial charge in [-0.2, -0.15) is 26.3 Å². The number of hydrogen-bond donors (Lipinski definition) is 0. The van der Waals surface area contributed by atoms with Gasteiger partial charge in [-0.15, -0.1) is 0 Å². The lowest BCUT2D eigenvalue weighted by Gasteiger charge is -2.21. The molecule has 2 heterocycles. The van der Waals surface area contributed by atoms with Gasteiger partial charge in [-0.05, 0) is 94.0 Å². The highest BCUT2D eigenvalue weighted by Crippen LogP contribution is 2.48. The zero-order valence-corrected chi connectivity index (χ0v) is 31.4. The van der Waals surface area contributed by atoms with Crippen molar-refractivity contribution in [3.05, 3.63) is 198 Å². The van der Waals surface area contributed by atoms with E-state index in [4.69, 9.17) is 6.57 Å². The van der Waals surface area contributed by atoms with E-state index >= 15 is 0 Å². The van der Waals surface area contributed by atoms with E-state index in [1.165, 1.54) is 6.07 Å². The maximum atomic E-state index is 14.9. The van der Waals surface area contributed by atoms with Gasteiger partial charge in [0.15, 0.2) is 5.69 Å². The summed E-state index contributed by atoms with van der Waals surface area (Å²) in [5.41, 5.74) is 4.22. The average molecular weight is 798 g/mol. The lowest BCUT2D eigenvalue weighted by atomic mass is 9.94. The first-order valence-corrected chi connectivity index (χ1v) is 19.0. The van der Waals surface area contributed by atoms with E-state index in [1.54, 1.807) is 6.07 Å². The Balaban J connectivity index is 1.34. The molecule has 60 heavy (non-hydrogen) atoms. The van der Waals surface area contributed by atoms with Gasteiger partial charge in [0.05, 0.1) is 51.1 Å². The van der Waals surface area contributed by atoms with Gasteiger partial charge in [-0.25, -0.2) is 4.85 Å².